The Hall–Kier alpha value is -2.86. The van der Waals surface area contributed by atoms with E-state index in [4.69, 9.17) is 20.8 Å². The summed E-state index contributed by atoms with van der Waals surface area (Å²) in [6.45, 7) is 4.25. The van der Waals surface area contributed by atoms with Crippen molar-refractivity contribution in [3.63, 3.8) is 0 Å². The summed E-state index contributed by atoms with van der Waals surface area (Å²) in [7, 11) is 1.33. The van der Waals surface area contributed by atoms with Crippen LogP contribution in [0.25, 0.3) is 22.6 Å². The third-order valence-corrected chi connectivity index (χ3v) is 5.30. The van der Waals surface area contributed by atoms with E-state index in [1.165, 1.54) is 7.11 Å². The SMILES string of the molecule is COC(=O)[C@@H]1CC(=O)N(c2ccc(Cl)c(-c3nc4cc(C)cc(C)c4o3)c2)C1. The Balaban J connectivity index is 1.73. The van der Waals surface area contributed by atoms with E-state index in [9.17, 15) is 9.59 Å². The number of anilines is 1. The van der Waals surface area contributed by atoms with E-state index in [1.807, 2.05) is 26.0 Å². The van der Waals surface area contributed by atoms with Gasteiger partial charge in [0.25, 0.3) is 0 Å². The number of nitrogens with zero attached hydrogens (tertiary/aromatic N) is 2. The molecule has 2 heterocycles. The molecule has 1 saturated heterocycles. The van der Waals surface area contributed by atoms with Gasteiger partial charge >= 0.3 is 5.97 Å². The van der Waals surface area contributed by atoms with Gasteiger partial charge in [-0.3, -0.25) is 9.59 Å². The van der Waals surface area contributed by atoms with Crippen LogP contribution in [-0.2, 0) is 14.3 Å². The lowest BCUT2D eigenvalue weighted by Gasteiger charge is -2.17. The van der Waals surface area contributed by atoms with Crippen molar-refractivity contribution in [3.05, 3.63) is 46.5 Å². The first-order valence-electron chi connectivity index (χ1n) is 8.93. The number of oxazole rings is 1. The third-order valence-electron chi connectivity index (χ3n) is 4.97. The molecular weight excluding hydrogens is 380 g/mol. The van der Waals surface area contributed by atoms with Crippen LogP contribution in [0, 0.1) is 19.8 Å². The average molecular weight is 399 g/mol. The van der Waals surface area contributed by atoms with Gasteiger partial charge < -0.3 is 14.1 Å². The number of amides is 1. The number of carbonyl (C=O) groups is 2. The molecule has 0 spiro atoms. The van der Waals surface area contributed by atoms with Gasteiger partial charge in [-0.05, 0) is 49.2 Å². The molecule has 1 fully saturated rings. The van der Waals surface area contributed by atoms with Crippen LogP contribution in [0.15, 0.2) is 34.7 Å². The minimum Gasteiger partial charge on any atom is -0.469 e. The molecule has 3 aromatic rings. The molecule has 0 unspecified atom stereocenters. The summed E-state index contributed by atoms with van der Waals surface area (Å²) in [5.41, 5.74) is 4.81. The van der Waals surface area contributed by atoms with Crippen molar-refractivity contribution in [3.8, 4) is 11.5 Å². The van der Waals surface area contributed by atoms with Crippen molar-refractivity contribution < 1.29 is 18.7 Å². The second kappa shape index (κ2) is 6.95. The normalized spacial score (nSPS) is 16.8. The molecule has 28 heavy (non-hydrogen) atoms. The van der Waals surface area contributed by atoms with E-state index < -0.39 is 5.92 Å². The molecule has 1 aliphatic heterocycles. The number of rotatable bonds is 3. The van der Waals surface area contributed by atoms with Crippen LogP contribution in [0.1, 0.15) is 17.5 Å². The number of ether oxygens (including phenoxy) is 1. The van der Waals surface area contributed by atoms with Crippen LogP contribution in [0.4, 0.5) is 5.69 Å². The average Bonchev–Trinajstić information content (AvgIpc) is 3.25. The van der Waals surface area contributed by atoms with Gasteiger partial charge in [-0.1, -0.05) is 17.7 Å². The number of halogens is 1. The van der Waals surface area contributed by atoms with Gasteiger partial charge in [0.2, 0.25) is 11.8 Å². The summed E-state index contributed by atoms with van der Waals surface area (Å²) in [4.78, 5) is 30.3. The maximum Gasteiger partial charge on any atom is 0.311 e. The fraction of sp³-hybridized carbons (Fsp3) is 0.286. The lowest BCUT2D eigenvalue weighted by atomic mass is 10.1. The summed E-state index contributed by atoms with van der Waals surface area (Å²) in [6.07, 6.45) is 0.131. The van der Waals surface area contributed by atoms with Gasteiger partial charge in [-0.2, -0.15) is 0 Å². The van der Waals surface area contributed by atoms with E-state index in [0.717, 1.165) is 16.6 Å². The van der Waals surface area contributed by atoms with Crippen molar-refractivity contribution in [2.24, 2.45) is 5.92 Å². The number of fused-ring (bicyclic) bond motifs is 1. The number of aryl methyl sites for hydroxylation is 2. The van der Waals surface area contributed by atoms with E-state index >= 15 is 0 Å². The maximum atomic E-state index is 12.4. The van der Waals surface area contributed by atoms with Gasteiger partial charge in [0.05, 0.1) is 23.6 Å². The Labute approximate surface area is 167 Å². The zero-order chi connectivity index (χ0) is 20.0. The zero-order valence-corrected chi connectivity index (χ0v) is 16.5. The molecule has 2 aromatic carbocycles. The minimum absolute atomic E-state index is 0.131. The zero-order valence-electron chi connectivity index (χ0n) is 15.8. The number of hydrogen-bond donors (Lipinski definition) is 0. The van der Waals surface area contributed by atoms with Crippen molar-refractivity contribution in [1.29, 1.82) is 0 Å². The first-order valence-corrected chi connectivity index (χ1v) is 9.31. The number of esters is 1. The number of carbonyl (C=O) groups excluding carboxylic acids is 2. The molecule has 1 aliphatic rings. The molecule has 0 N–H and O–H groups in total. The Morgan fingerprint density at radius 1 is 1.29 bits per heavy atom. The highest BCUT2D eigenvalue weighted by Crippen LogP contribution is 2.36. The maximum absolute atomic E-state index is 12.4. The Morgan fingerprint density at radius 2 is 2.07 bits per heavy atom. The predicted octanol–water partition coefficient (Wildman–Crippen LogP) is 4.29. The molecule has 0 bridgehead atoms. The van der Waals surface area contributed by atoms with E-state index in [1.54, 1.807) is 23.1 Å². The molecule has 0 radical (unpaired) electrons. The molecule has 1 aromatic heterocycles. The molecule has 4 rings (SSSR count). The summed E-state index contributed by atoms with van der Waals surface area (Å²) < 4.78 is 10.7. The largest absolute Gasteiger partial charge is 0.469 e. The quantitative estimate of drug-likeness (QED) is 0.615. The lowest BCUT2D eigenvalue weighted by molar-refractivity contribution is -0.145. The van der Waals surface area contributed by atoms with E-state index in [-0.39, 0.29) is 24.8 Å². The number of hydrogen-bond acceptors (Lipinski definition) is 5. The molecule has 7 heteroatoms. The third kappa shape index (κ3) is 3.14. The minimum atomic E-state index is -0.466. The fourth-order valence-corrected chi connectivity index (χ4v) is 3.82. The number of benzene rings is 2. The van der Waals surface area contributed by atoms with Gasteiger partial charge in [0, 0.05) is 18.7 Å². The number of aromatic nitrogens is 1. The monoisotopic (exact) mass is 398 g/mol. The Kier molecular flexibility index (Phi) is 4.59. The van der Waals surface area contributed by atoms with Crippen molar-refractivity contribution in [2.45, 2.75) is 20.3 Å². The van der Waals surface area contributed by atoms with Crippen LogP contribution in [0.5, 0.6) is 0 Å². The van der Waals surface area contributed by atoms with Gasteiger partial charge in [0.15, 0.2) is 5.58 Å². The van der Waals surface area contributed by atoms with Crippen LogP contribution in [0.3, 0.4) is 0 Å². The van der Waals surface area contributed by atoms with Crippen LogP contribution in [0.2, 0.25) is 5.02 Å². The van der Waals surface area contributed by atoms with Gasteiger partial charge in [-0.15, -0.1) is 0 Å². The first kappa shape index (κ1) is 18.5. The molecule has 0 aliphatic carbocycles. The molecule has 6 nitrogen and oxygen atoms in total. The van der Waals surface area contributed by atoms with E-state index in [0.29, 0.717) is 27.7 Å². The predicted molar refractivity (Wildman–Crippen MR) is 106 cm³/mol. The highest BCUT2D eigenvalue weighted by atomic mass is 35.5. The first-order chi connectivity index (χ1) is 13.4. The van der Waals surface area contributed by atoms with Crippen molar-refractivity contribution in [1.82, 2.24) is 4.98 Å². The molecule has 0 saturated carbocycles. The molecule has 1 atom stereocenters. The summed E-state index contributed by atoms with van der Waals surface area (Å²) >= 11 is 6.40. The van der Waals surface area contributed by atoms with Gasteiger partial charge in [0.1, 0.15) is 5.52 Å². The summed E-state index contributed by atoms with van der Waals surface area (Å²) in [5, 5.41) is 0.473. The smallest absolute Gasteiger partial charge is 0.311 e. The Bertz CT molecular complexity index is 1110. The van der Waals surface area contributed by atoms with Gasteiger partial charge in [-0.25, -0.2) is 4.98 Å². The van der Waals surface area contributed by atoms with E-state index in [2.05, 4.69) is 4.98 Å². The van der Waals surface area contributed by atoms with Crippen molar-refractivity contribution >= 4 is 40.3 Å². The standard InChI is InChI=1S/C21H19ClN2O4/c1-11-6-12(2)19-17(7-11)23-20(28-19)15-9-14(4-5-16(15)22)24-10-13(8-18(24)25)21(26)27-3/h4-7,9,13H,8,10H2,1-3H3/t13-/m1/s1. The van der Waals surface area contributed by atoms with Crippen LogP contribution >= 0.6 is 11.6 Å². The second-order valence-corrected chi connectivity index (χ2v) is 7.45. The van der Waals surface area contributed by atoms with Crippen LogP contribution < -0.4 is 4.90 Å². The number of methoxy groups -OCH3 is 1. The van der Waals surface area contributed by atoms with Crippen molar-refractivity contribution in [2.75, 3.05) is 18.6 Å². The molecular formula is C21H19ClN2O4. The highest BCUT2D eigenvalue weighted by molar-refractivity contribution is 6.33. The molecule has 1 amide bonds. The topological polar surface area (TPSA) is 72.6 Å². The summed E-state index contributed by atoms with van der Waals surface area (Å²) in [5.74, 6) is -0.583. The second-order valence-electron chi connectivity index (χ2n) is 7.04. The molecule has 144 valence electrons. The summed E-state index contributed by atoms with van der Waals surface area (Å²) in [6, 6.07) is 9.22. The Morgan fingerprint density at radius 3 is 2.82 bits per heavy atom. The lowest BCUT2D eigenvalue weighted by Crippen LogP contribution is -2.26. The van der Waals surface area contributed by atoms with Crippen LogP contribution in [-0.4, -0.2) is 30.5 Å². The fourth-order valence-electron chi connectivity index (χ4n) is 3.62. The highest BCUT2D eigenvalue weighted by Gasteiger charge is 2.36.